The highest BCUT2D eigenvalue weighted by molar-refractivity contribution is 7.13. The zero-order valence-corrected chi connectivity index (χ0v) is 11.5. The molecule has 0 saturated heterocycles. The maximum Gasteiger partial charge on any atom is 0.270 e. The van der Waals surface area contributed by atoms with Crippen molar-refractivity contribution in [2.24, 2.45) is 5.73 Å². The zero-order chi connectivity index (χ0) is 13.4. The minimum Gasteiger partial charge on any atom is -0.325 e. The Bertz CT molecular complexity index is 635. The molecule has 0 saturated carbocycles. The van der Waals surface area contributed by atoms with Gasteiger partial charge in [0.25, 0.3) is 5.91 Å². The molecular weight excluding hydrogens is 258 g/mol. The van der Waals surface area contributed by atoms with Crippen LogP contribution in [0, 0.1) is 6.92 Å². The van der Waals surface area contributed by atoms with Gasteiger partial charge in [0.15, 0.2) is 0 Å². The Morgan fingerprint density at radius 3 is 3.00 bits per heavy atom. The predicted octanol–water partition coefficient (Wildman–Crippen LogP) is 2.11. The summed E-state index contributed by atoms with van der Waals surface area (Å²) >= 11 is 1.40. The summed E-state index contributed by atoms with van der Waals surface area (Å²) in [4.78, 5) is 19.5. The lowest BCUT2D eigenvalue weighted by molar-refractivity contribution is 0.0992. The Balaban J connectivity index is 1.95. The van der Waals surface area contributed by atoms with Gasteiger partial charge in [-0.05, 0) is 25.0 Å². The molecule has 0 atom stereocenters. The van der Waals surface area contributed by atoms with E-state index in [0.717, 1.165) is 29.4 Å². The lowest BCUT2D eigenvalue weighted by atomic mass is 10.2. The lowest BCUT2D eigenvalue weighted by Gasteiger charge is -2.16. The van der Waals surface area contributed by atoms with Gasteiger partial charge in [0.05, 0.1) is 5.69 Å². The molecule has 5 heteroatoms. The van der Waals surface area contributed by atoms with E-state index in [-0.39, 0.29) is 5.91 Å². The number of fused-ring (bicyclic) bond motifs is 1. The standard InChI is InChI=1S/C14H15N3OS/c1-9-13(19-12(8-15)16-9)14(18)17-7-6-10-4-2-3-5-11(10)17/h2-5H,6-8,15H2,1H3. The van der Waals surface area contributed by atoms with Gasteiger partial charge in [-0.3, -0.25) is 4.79 Å². The van der Waals surface area contributed by atoms with E-state index in [0.29, 0.717) is 11.4 Å². The first-order valence-corrected chi connectivity index (χ1v) is 7.08. The number of hydrogen-bond acceptors (Lipinski definition) is 4. The first-order chi connectivity index (χ1) is 9.20. The fraction of sp³-hybridized carbons (Fsp3) is 0.286. The predicted molar refractivity (Wildman–Crippen MR) is 76.6 cm³/mol. The van der Waals surface area contributed by atoms with Gasteiger partial charge in [-0.15, -0.1) is 11.3 Å². The van der Waals surface area contributed by atoms with E-state index in [1.807, 2.05) is 30.0 Å². The topological polar surface area (TPSA) is 59.2 Å². The zero-order valence-electron chi connectivity index (χ0n) is 10.7. The number of thiazole rings is 1. The number of carbonyl (C=O) groups is 1. The molecule has 1 aliphatic heterocycles. The minimum absolute atomic E-state index is 0.0413. The normalized spacial score (nSPS) is 13.7. The number of para-hydroxylation sites is 1. The molecule has 0 aliphatic carbocycles. The van der Waals surface area contributed by atoms with E-state index in [9.17, 15) is 4.79 Å². The number of carbonyl (C=O) groups excluding carboxylic acids is 1. The summed E-state index contributed by atoms with van der Waals surface area (Å²) in [5.41, 5.74) is 8.62. The number of benzene rings is 1. The maximum atomic E-state index is 12.6. The van der Waals surface area contributed by atoms with Gasteiger partial charge in [-0.1, -0.05) is 18.2 Å². The molecule has 3 rings (SSSR count). The van der Waals surface area contributed by atoms with Crippen molar-refractivity contribution < 1.29 is 4.79 Å². The second-order valence-electron chi connectivity index (χ2n) is 4.56. The first-order valence-electron chi connectivity index (χ1n) is 6.27. The number of rotatable bonds is 2. The SMILES string of the molecule is Cc1nc(CN)sc1C(=O)N1CCc2ccccc21. The Kier molecular flexibility index (Phi) is 3.08. The van der Waals surface area contributed by atoms with Crippen molar-refractivity contribution in [1.82, 2.24) is 4.98 Å². The average Bonchev–Trinajstić information content (AvgIpc) is 3.01. The van der Waals surface area contributed by atoms with Gasteiger partial charge in [0.2, 0.25) is 0 Å². The molecule has 98 valence electrons. The largest absolute Gasteiger partial charge is 0.325 e. The van der Waals surface area contributed by atoms with Crippen molar-refractivity contribution in [3.05, 3.63) is 45.4 Å². The highest BCUT2D eigenvalue weighted by Gasteiger charge is 2.27. The van der Waals surface area contributed by atoms with Gasteiger partial charge in [0.1, 0.15) is 9.88 Å². The number of aryl methyl sites for hydroxylation is 1. The van der Waals surface area contributed by atoms with Crippen molar-refractivity contribution in [3.8, 4) is 0 Å². The fourth-order valence-electron chi connectivity index (χ4n) is 2.41. The molecule has 1 amide bonds. The van der Waals surface area contributed by atoms with Gasteiger partial charge in [0, 0.05) is 18.8 Å². The Morgan fingerprint density at radius 1 is 1.47 bits per heavy atom. The minimum atomic E-state index is 0.0413. The molecule has 0 radical (unpaired) electrons. The van der Waals surface area contributed by atoms with Crippen LogP contribution in [0.5, 0.6) is 0 Å². The fourth-order valence-corrected chi connectivity index (χ4v) is 3.30. The number of amides is 1. The highest BCUT2D eigenvalue weighted by atomic mass is 32.1. The third-order valence-electron chi connectivity index (χ3n) is 3.34. The van der Waals surface area contributed by atoms with E-state index in [1.165, 1.54) is 16.9 Å². The lowest BCUT2D eigenvalue weighted by Crippen LogP contribution is -2.28. The Hall–Kier alpha value is -1.72. The van der Waals surface area contributed by atoms with Crippen molar-refractivity contribution >= 4 is 22.9 Å². The molecule has 19 heavy (non-hydrogen) atoms. The van der Waals surface area contributed by atoms with Gasteiger partial charge in [-0.2, -0.15) is 0 Å². The summed E-state index contributed by atoms with van der Waals surface area (Å²) in [6.45, 7) is 2.99. The van der Waals surface area contributed by atoms with Crippen LogP contribution in [0.25, 0.3) is 0 Å². The van der Waals surface area contributed by atoms with Crippen LogP contribution in [0.2, 0.25) is 0 Å². The smallest absolute Gasteiger partial charge is 0.270 e. The molecule has 2 heterocycles. The number of anilines is 1. The first kappa shape index (κ1) is 12.3. The quantitative estimate of drug-likeness (QED) is 0.911. The summed E-state index contributed by atoms with van der Waals surface area (Å²) in [7, 11) is 0. The van der Waals surface area contributed by atoms with Gasteiger partial charge >= 0.3 is 0 Å². The van der Waals surface area contributed by atoms with Crippen LogP contribution in [0.4, 0.5) is 5.69 Å². The number of nitrogens with two attached hydrogens (primary N) is 1. The maximum absolute atomic E-state index is 12.6. The second-order valence-corrected chi connectivity index (χ2v) is 5.65. The number of nitrogens with zero attached hydrogens (tertiary/aromatic N) is 2. The molecule has 1 aliphatic rings. The molecule has 0 spiro atoms. The number of hydrogen-bond donors (Lipinski definition) is 1. The van der Waals surface area contributed by atoms with Crippen molar-refractivity contribution in [2.45, 2.75) is 19.9 Å². The molecule has 2 N–H and O–H groups in total. The molecule has 2 aromatic rings. The Morgan fingerprint density at radius 2 is 2.26 bits per heavy atom. The monoisotopic (exact) mass is 273 g/mol. The van der Waals surface area contributed by atoms with E-state index >= 15 is 0 Å². The third-order valence-corrected chi connectivity index (χ3v) is 4.51. The molecule has 1 aromatic heterocycles. The average molecular weight is 273 g/mol. The van der Waals surface area contributed by atoms with Crippen LogP contribution in [-0.2, 0) is 13.0 Å². The van der Waals surface area contributed by atoms with Gasteiger partial charge in [-0.25, -0.2) is 4.98 Å². The molecular formula is C14H15N3OS. The van der Waals surface area contributed by atoms with E-state index in [4.69, 9.17) is 5.73 Å². The summed E-state index contributed by atoms with van der Waals surface area (Å²) in [5.74, 6) is 0.0413. The highest BCUT2D eigenvalue weighted by Crippen LogP contribution is 2.30. The third kappa shape index (κ3) is 2.05. The summed E-state index contributed by atoms with van der Waals surface area (Å²) in [5, 5.41) is 0.813. The molecule has 0 fully saturated rings. The van der Waals surface area contributed by atoms with E-state index in [1.54, 1.807) is 0 Å². The van der Waals surface area contributed by atoms with Crippen LogP contribution in [0.3, 0.4) is 0 Å². The van der Waals surface area contributed by atoms with Crippen LogP contribution in [0.15, 0.2) is 24.3 Å². The van der Waals surface area contributed by atoms with Crippen LogP contribution >= 0.6 is 11.3 Å². The van der Waals surface area contributed by atoms with Crippen molar-refractivity contribution in [2.75, 3.05) is 11.4 Å². The van der Waals surface area contributed by atoms with Crippen LogP contribution in [0.1, 0.15) is 25.9 Å². The summed E-state index contributed by atoms with van der Waals surface area (Å²) < 4.78 is 0. The van der Waals surface area contributed by atoms with Crippen LogP contribution in [-0.4, -0.2) is 17.4 Å². The second kappa shape index (κ2) is 4.75. The summed E-state index contributed by atoms with van der Waals surface area (Å²) in [6, 6.07) is 8.06. The summed E-state index contributed by atoms with van der Waals surface area (Å²) in [6.07, 6.45) is 0.920. The molecule has 0 bridgehead atoms. The molecule has 0 unspecified atom stereocenters. The Labute approximate surface area is 115 Å². The van der Waals surface area contributed by atoms with Crippen LogP contribution < -0.4 is 10.6 Å². The molecule has 4 nitrogen and oxygen atoms in total. The van der Waals surface area contributed by atoms with E-state index in [2.05, 4.69) is 11.1 Å². The molecule has 1 aromatic carbocycles. The number of aromatic nitrogens is 1. The van der Waals surface area contributed by atoms with Crippen molar-refractivity contribution in [1.29, 1.82) is 0 Å². The van der Waals surface area contributed by atoms with Crippen molar-refractivity contribution in [3.63, 3.8) is 0 Å². The van der Waals surface area contributed by atoms with E-state index < -0.39 is 0 Å². The van der Waals surface area contributed by atoms with Gasteiger partial charge < -0.3 is 10.6 Å².